The minimum absolute atomic E-state index is 0.0599. The van der Waals surface area contributed by atoms with Gasteiger partial charge in [-0.15, -0.1) is 45.3 Å². The normalized spacial score (nSPS) is 11.2. The molecule has 0 atom stereocenters. The largest absolute Gasteiger partial charge is 0.308 e. The molecule has 11 heteroatoms. The van der Waals surface area contributed by atoms with E-state index in [4.69, 9.17) is 32.3 Å². The fourth-order valence-electron chi connectivity index (χ4n) is 3.58. The third kappa shape index (κ3) is 4.22. The third-order valence-electron chi connectivity index (χ3n) is 5.10. The van der Waals surface area contributed by atoms with Crippen LogP contribution in [0.5, 0.6) is 0 Å². The van der Waals surface area contributed by atoms with Crippen LogP contribution >= 0.6 is 45.3 Å². The highest BCUT2D eigenvalue weighted by molar-refractivity contribution is 7.32. The van der Waals surface area contributed by atoms with E-state index in [1.807, 2.05) is 42.5 Å². The van der Waals surface area contributed by atoms with Crippen LogP contribution < -0.4 is 0 Å². The van der Waals surface area contributed by atoms with Gasteiger partial charge in [-0.3, -0.25) is 0 Å². The second-order valence-corrected chi connectivity index (χ2v) is 11.7. The number of aryl methyl sites for hydroxylation is 1. The summed E-state index contributed by atoms with van der Waals surface area (Å²) in [6.45, 7) is 10.0. The molecule has 5 aromatic heterocycles. The van der Waals surface area contributed by atoms with Crippen molar-refractivity contribution in [3.05, 3.63) is 56.7 Å². The standard InChI is InChI=1S/C25H13N7S4/c1-3-8-32-22-20(35-24(30-22)18-6-4-16(33-18)9-14(11-26)12-27)21-23(32)31-25(36-21)19-7-5-17(34-19)10-15(13-28)29-2/h4-7,9-10H,3,8H2,1H3/b15-10+. The zero-order chi connectivity index (χ0) is 25.2. The molecule has 36 heavy (non-hydrogen) atoms. The summed E-state index contributed by atoms with van der Waals surface area (Å²) in [7, 11) is 0. The molecule has 0 aliphatic heterocycles. The third-order valence-corrected chi connectivity index (χ3v) is 9.76. The van der Waals surface area contributed by atoms with Crippen LogP contribution in [0.15, 0.2) is 35.5 Å². The first-order chi connectivity index (χ1) is 17.6. The molecule has 0 aromatic carbocycles. The van der Waals surface area contributed by atoms with Crippen LogP contribution in [0.2, 0.25) is 0 Å². The van der Waals surface area contributed by atoms with Gasteiger partial charge in [-0.1, -0.05) is 6.92 Å². The number of rotatable bonds is 6. The Hall–Kier alpha value is -4.10. The molecule has 0 aliphatic carbocycles. The topological polar surface area (TPSA) is 106 Å². The van der Waals surface area contributed by atoms with E-state index < -0.39 is 0 Å². The lowest BCUT2D eigenvalue weighted by molar-refractivity contribution is 0.713. The first kappa shape index (κ1) is 23.6. The summed E-state index contributed by atoms with van der Waals surface area (Å²) in [6, 6.07) is 13.4. The maximum Gasteiger partial charge on any atom is 0.263 e. The molecule has 5 rings (SSSR count). The fraction of sp³-hybridized carbons (Fsp3) is 0.120. The van der Waals surface area contributed by atoms with Crippen molar-refractivity contribution in [2.45, 2.75) is 19.9 Å². The van der Waals surface area contributed by atoms with Gasteiger partial charge in [0, 0.05) is 16.3 Å². The van der Waals surface area contributed by atoms with E-state index in [0.29, 0.717) is 0 Å². The van der Waals surface area contributed by atoms with Crippen molar-refractivity contribution < 1.29 is 0 Å². The number of hydrogen-bond acceptors (Lipinski definition) is 9. The molecule has 0 fully saturated rings. The van der Waals surface area contributed by atoms with Crippen LogP contribution in [0.25, 0.3) is 57.5 Å². The number of nitrogens with zero attached hydrogens (tertiary/aromatic N) is 7. The SMILES string of the molecule is [C-]#[N+]/C(C#N)=C/c1ccc(-c2nc3c(s2)c2sc(-c4ccc(C=C(C#N)C#N)s4)nc2n3CCC)s1. The zero-order valence-corrected chi connectivity index (χ0v) is 21.9. The quantitative estimate of drug-likeness (QED) is 0.162. The predicted octanol–water partition coefficient (Wildman–Crippen LogP) is 7.79. The van der Waals surface area contributed by atoms with Gasteiger partial charge < -0.3 is 4.57 Å². The Morgan fingerprint density at radius 2 is 1.44 bits per heavy atom. The number of nitriles is 3. The van der Waals surface area contributed by atoms with Gasteiger partial charge in [0.1, 0.15) is 27.7 Å². The summed E-state index contributed by atoms with van der Waals surface area (Å²) in [4.78, 5) is 16.8. The first-order valence-corrected chi connectivity index (χ1v) is 13.9. The fourth-order valence-corrected chi connectivity index (χ4v) is 7.85. The lowest BCUT2D eigenvalue weighted by Gasteiger charge is -2.00. The van der Waals surface area contributed by atoms with Crippen molar-refractivity contribution in [1.82, 2.24) is 14.5 Å². The molecule has 0 N–H and O–H groups in total. The molecule has 0 radical (unpaired) electrons. The smallest absolute Gasteiger partial charge is 0.263 e. The molecule has 0 bridgehead atoms. The van der Waals surface area contributed by atoms with Crippen molar-refractivity contribution in [3.63, 3.8) is 0 Å². The Labute approximate surface area is 222 Å². The molecular formula is C25H13N7S4. The first-order valence-electron chi connectivity index (χ1n) is 10.6. The van der Waals surface area contributed by atoms with Gasteiger partial charge in [-0.05, 0) is 42.8 Å². The van der Waals surface area contributed by atoms with Gasteiger partial charge >= 0.3 is 0 Å². The number of allylic oxidation sites excluding steroid dienone is 2. The van der Waals surface area contributed by atoms with Gasteiger partial charge in [-0.25, -0.2) is 20.1 Å². The lowest BCUT2D eigenvalue weighted by Crippen LogP contribution is -1.97. The van der Waals surface area contributed by atoms with Crippen LogP contribution in [0.1, 0.15) is 23.1 Å². The Morgan fingerprint density at radius 3 is 1.92 bits per heavy atom. The van der Waals surface area contributed by atoms with Crippen LogP contribution in [-0.4, -0.2) is 14.5 Å². The second-order valence-electron chi connectivity index (χ2n) is 7.43. The van der Waals surface area contributed by atoms with Gasteiger partial charge in [0.05, 0.1) is 31.8 Å². The highest BCUT2D eigenvalue weighted by atomic mass is 32.1. The zero-order valence-electron chi connectivity index (χ0n) is 18.6. The molecule has 7 nitrogen and oxygen atoms in total. The van der Waals surface area contributed by atoms with E-state index in [-0.39, 0.29) is 11.3 Å². The molecule has 172 valence electrons. The summed E-state index contributed by atoms with van der Waals surface area (Å²) in [5.41, 5.74) is 1.97. The van der Waals surface area contributed by atoms with Crippen molar-refractivity contribution in [2.24, 2.45) is 0 Å². The van der Waals surface area contributed by atoms with Gasteiger partial charge in [0.15, 0.2) is 11.3 Å². The molecule has 0 saturated heterocycles. The van der Waals surface area contributed by atoms with E-state index in [9.17, 15) is 0 Å². The number of thiazole rings is 2. The molecule has 0 spiro atoms. The molecule has 0 unspecified atom stereocenters. The monoisotopic (exact) mass is 539 g/mol. The Morgan fingerprint density at radius 1 is 0.889 bits per heavy atom. The second kappa shape index (κ2) is 9.87. The molecule has 0 aliphatic rings. The minimum atomic E-state index is 0.0599. The maximum absolute atomic E-state index is 9.03. The molecule has 0 saturated carbocycles. The van der Waals surface area contributed by atoms with Crippen molar-refractivity contribution >= 4 is 78.2 Å². The van der Waals surface area contributed by atoms with E-state index in [2.05, 4.69) is 16.3 Å². The van der Waals surface area contributed by atoms with Crippen molar-refractivity contribution in [1.29, 1.82) is 15.8 Å². The lowest BCUT2D eigenvalue weighted by atomic mass is 10.3. The number of aromatic nitrogens is 3. The van der Waals surface area contributed by atoms with E-state index >= 15 is 0 Å². The average molecular weight is 540 g/mol. The average Bonchev–Trinajstić information content (AvgIpc) is 3.70. The van der Waals surface area contributed by atoms with Crippen LogP contribution in [0, 0.1) is 40.6 Å². The summed E-state index contributed by atoms with van der Waals surface area (Å²) in [5.74, 6) is 0. The predicted molar refractivity (Wildman–Crippen MR) is 147 cm³/mol. The van der Waals surface area contributed by atoms with Crippen LogP contribution in [-0.2, 0) is 6.54 Å². The number of hydrogen-bond donors (Lipinski definition) is 0. The van der Waals surface area contributed by atoms with E-state index in [1.54, 1.807) is 34.8 Å². The Kier molecular flexibility index (Phi) is 6.48. The molecule has 0 amide bonds. The van der Waals surface area contributed by atoms with Crippen molar-refractivity contribution in [3.8, 4) is 38.0 Å². The highest BCUT2D eigenvalue weighted by Gasteiger charge is 2.22. The van der Waals surface area contributed by atoms with Gasteiger partial charge in [0.2, 0.25) is 0 Å². The van der Waals surface area contributed by atoms with Gasteiger partial charge in [0.25, 0.3) is 5.70 Å². The van der Waals surface area contributed by atoms with E-state index in [0.717, 1.165) is 63.2 Å². The van der Waals surface area contributed by atoms with Crippen LogP contribution in [0.3, 0.4) is 0 Å². The molecule has 5 heterocycles. The maximum atomic E-state index is 9.03. The summed E-state index contributed by atoms with van der Waals surface area (Å²) in [6.07, 6.45) is 4.13. The highest BCUT2D eigenvalue weighted by Crippen LogP contribution is 2.44. The molecule has 5 aromatic rings. The Bertz CT molecular complexity index is 1690. The summed E-state index contributed by atoms with van der Waals surface area (Å²) >= 11 is 6.25. The van der Waals surface area contributed by atoms with Gasteiger partial charge in [-0.2, -0.15) is 10.5 Å². The Balaban J connectivity index is 1.57. The minimum Gasteiger partial charge on any atom is -0.308 e. The number of fused-ring (bicyclic) bond motifs is 3. The molecular weight excluding hydrogens is 527 g/mol. The van der Waals surface area contributed by atoms with Crippen LogP contribution in [0.4, 0.5) is 0 Å². The number of thiophene rings is 2. The summed E-state index contributed by atoms with van der Waals surface area (Å²) in [5, 5.41) is 28.9. The van der Waals surface area contributed by atoms with Crippen molar-refractivity contribution in [2.75, 3.05) is 0 Å². The van der Waals surface area contributed by atoms with E-state index in [1.165, 1.54) is 22.7 Å². The summed E-state index contributed by atoms with van der Waals surface area (Å²) < 4.78 is 4.35.